The van der Waals surface area contributed by atoms with Gasteiger partial charge in [0, 0.05) is 43.7 Å². The van der Waals surface area contributed by atoms with Crippen molar-refractivity contribution in [3.8, 4) is 0 Å². The lowest BCUT2D eigenvalue weighted by Crippen LogP contribution is -2.28. The number of alkyl halides is 1. The Balaban J connectivity index is 2.34. The molecule has 1 aromatic heterocycles. The summed E-state index contributed by atoms with van der Waals surface area (Å²) in [6.07, 6.45) is 3.14. The molecular formula is C11H15BrN2O. The van der Waals surface area contributed by atoms with E-state index in [4.69, 9.17) is 0 Å². The summed E-state index contributed by atoms with van der Waals surface area (Å²) in [5, 5.41) is 0.722. The fraction of sp³-hybridized carbons (Fsp3) is 0.455. The Hall–Kier alpha value is -0.900. The van der Waals surface area contributed by atoms with Crippen LogP contribution in [0.4, 0.5) is 0 Å². The molecule has 1 aromatic rings. The van der Waals surface area contributed by atoms with Crippen LogP contribution in [0.1, 0.15) is 12.1 Å². The van der Waals surface area contributed by atoms with Crippen LogP contribution in [0.3, 0.4) is 0 Å². The molecule has 1 amide bonds. The molecule has 4 heteroatoms. The second-order valence-corrected chi connectivity index (χ2v) is 4.12. The summed E-state index contributed by atoms with van der Waals surface area (Å²) in [6.45, 7) is 0.725. The van der Waals surface area contributed by atoms with Crippen LogP contribution in [0.2, 0.25) is 0 Å². The first-order valence-electron chi connectivity index (χ1n) is 4.94. The van der Waals surface area contributed by atoms with E-state index in [0.29, 0.717) is 6.42 Å². The SMILES string of the molecule is CN(CCc1ccccn1)C(=O)CCBr. The van der Waals surface area contributed by atoms with Gasteiger partial charge in [-0.2, -0.15) is 0 Å². The lowest BCUT2D eigenvalue weighted by atomic mass is 10.2. The summed E-state index contributed by atoms with van der Waals surface area (Å²) in [7, 11) is 1.83. The van der Waals surface area contributed by atoms with Crippen molar-refractivity contribution in [1.29, 1.82) is 0 Å². The molecule has 0 aliphatic heterocycles. The van der Waals surface area contributed by atoms with Gasteiger partial charge in [0.25, 0.3) is 0 Å². The Kier molecular flexibility index (Phi) is 5.32. The van der Waals surface area contributed by atoms with Gasteiger partial charge in [0.05, 0.1) is 0 Å². The third kappa shape index (κ3) is 4.42. The zero-order chi connectivity index (χ0) is 11.1. The number of hydrogen-bond acceptors (Lipinski definition) is 2. The molecule has 1 rings (SSSR count). The quantitative estimate of drug-likeness (QED) is 0.766. The Bertz CT molecular complexity index is 303. The van der Waals surface area contributed by atoms with Gasteiger partial charge >= 0.3 is 0 Å². The summed E-state index contributed by atoms with van der Waals surface area (Å²) >= 11 is 3.25. The van der Waals surface area contributed by atoms with Gasteiger partial charge in [0.2, 0.25) is 5.91 Å². The van der Waals surface area contributed by atoms with Crippen molar-refractivity contribution in [2.24, 2.45) is 0 Å². The molecule has 0 spiro atoms. The van der Waals surface area contributed by atoms with E-state index in [9.17, 15) is 4.79 Å². The predicted octanol–water partition coefficient (Wildman–Crippen LogP) is 1.87. The molecule has 0 radical (unpaired) electrons. The molecule has 0 saturated heterocycles. The molecule has 0 bridgehead atoms. The van der Waals surface area contributed by atoms with E-state index in [1.165, 1.54) is 0 Å². The smallest absolute Gasteiger partial charge is 0.223 e. The molecule has 0 N–H and O–H groups in total. The van der Waals surface area contributed by atoms with Crippen LogP contribution >= 0.6 is 15.9 Å². The number of nitrogens with zero attached hydrogens (tertiary/aromatic N) is 2. The van der Waals surface area contributed by atoms with Crippen molar-refractivity contribution in [3.63, 3.8) is 0 Å². The maximum Gasteiger partial charge on any atom is 0.223 e. The third-order valence-corrected chi connectivity index (χ3v) is 2.56. The molecular weight excluding hydrogens is 256 g/mol. The number of amides is 1. The van der Waals surface area contributed by atoms with Gasteiger partial charge in [0.15, 0.2) is 0 Å². The summed E-state index contributed by atoms with van der Waals surface area (Å²) in [4.78, 5) is 17.4. The van der Waals surface area contributed by atoms with Crippen LogP contribution in [0.15, 0.2) is 24.4 Å². The minimum atomic E-state index is 0.169. The third-order valence-electron chi connectivity index (χ3n) is 2.16. The molecule has 15 heavy (non-hydrogen) atoms. The second kappa shape index (κ2) is 6.56. The molecule has 3 nitrogen and oxygen atoms in total. The Morgan fingerprint density at radius 1 is 1.53 bits per heavy atom. The molecule has 1 heterocycles. The number of rotatable bonds is 5. The molecule has 0 aliphatic carbocycles. The number of carbonyl (C=O) groups excluding carboxylic acids is 1. The number of halogens is 1. The van der Waals surface area contributed by atoms with Crippen molar-refractivity contribution in [2.45, 2.75) is 12.8 Å². The largest absolute Gasteiger partial charge is 0.345 e. The lowest BCUT2D eigenvalue weighted by molar-refractivity contribution is -0.129. The van der Waals surface area contributed by atoms with E-state index >= 15 is 0 Å². The number of carbonyl (C=O) groups is 1. The highest BCUT2D eigenvalue weighted by Crippen LogP contribution is 1.99. The van der Waals surface area contributed by atoms with Gasteiger partial charge in [-0.15, -0.1) is 0 Å². The Morgan fingerprint density at radius 3 is 2.93 bits per heavy atom. The van der Waals surface area contributed by atoms with Crippen LogP contribution in [-0.2, 0) is 11.2 Å². The van der Waals surface area contributed by atoms with Crippen molar-refractivity contribution < 1.29 is 4.79 Å². The normalized spacial score (nSPS) is 10.0. The maximum atomic E-state index is 11.4. The van der Waals surface area contributed by atoms with Gasteiger partial charge in [0.1, 0.15) is 0 Å². The Labute approximate surface area is 98.6 Å². The van der Waals surface area contributed by atoms with E-state index in [2.05, 4.69) is 20.9 Å². The van der Waals surface area contributed by atoms with E-state index in [-0.39, 0.29) is 5.91 Å². The highest BCUT2D eigenvalue weighted by molar-refractivity contribution is 9.09. The number of aromatic nitrogens is 1. The van der Waals surface area contributed by atoms with Crippen molar-refractivity contribution in [3.05, 3.63) is 30.1 Å². The highest BCUT2D eigenvalue weighted by Gasteiger charge is 2.07. The molecule has 82 valence electrons. The van der Waals surface area contributed by atoms with Crippen LogP contribution in [0, 0.1) is 0 Å². The van der Waals surface area contributed by atoms with Gasteiger partial charge in [-0.05, 0) is 12.1 Å². The molecule has 0 unspecified atom stereocenters. The molecule has 0 aromatic carbocycles. The highest BCUT2D eigenvalue weighted by atomic mass is 79.9. The van der Waals surface area contributed by atoms with Gasteiger partial charge in [-0.3, -0.25) is 9.78 Å². The first-order chi connectivity index (χ1) is 7.24. The first-order valence-corrected chi connectivity index (χ1v) is 6.06. The Morgan fingerprint density at radius 2 is 2.33 bits per heavy atom. The van der Waals surface area contributed by atoms with E-state index < -0.39 is 0 Å². The van der Waals surface area contributed by atoms with E-state index in [1.54, 1.807) is 11.1 Å². The zero-order valence-corrected chi connectivity index (χ0v) is 10.4. The summed E-state index contributed by atoms with van der Waals surface area (Å²) in [5.41, 5.74) is 1.02. The minimum absolute atomic E-state index is 0.169. The van der Waals surface area contributed by atoms with Crippen LogP contribution in [0.25, 0.3) is 0 Å². The van der Waals surface area contributed by atoms with Crippen molar-refractivity contribution in [2.75, 3.05) is 18.9 Å². The molecule has 0 aliphatic rings. The van der Waals surface area contributed by atoms with Gasteiger partial charge in [-0.1, -0.05) is 22.0 Å². The summed E-state index contributed by atoms with van der Waals surface area (Å²) in [5.74, 6) is 0.169. The van der Waals surface area contributed by atoms with Crippen LogP contribution < -0.4 is 0 Å². The fourth-order valence-electron chi connectivity index (χ4n) is 1.22. The van der Waals surface area contributed by atoms with E-state index in [0.717, 1.165) is 24.0 Å². The van der Waals surface area contributed by atoms with Crippen molar-refractivity contribution >= 4 is 21.8 Å². The zero-order valence-electron chi connectivity index (χ0n) is 8.82. The molecule has 0 saturated carbocycles. The monoisotopic (exact) mass is 270 g/mol. The van der Waals surface area contributed by atoms with E-state index in [1.807, 2.05) is 25.2 Å². The van der Waals surface area contributed by atoms with Gasteiger partial charge in [-0.25, -0.2) is 0 Å². The average molecular weight is 271 g/mol. The van der Waals surface area contributed by atoms with Gasteiger partial charge < -0.3 is 4.90 Å². The standard InChI is InChI=1S/C11H15BrN2O/c1-14(11(15)5-7-12)9-6-10-4-2-3-8-13-10/h2-4,8H,5-7,9H2,1H3. The van der Waals surface area contributed by atoms with Crippen LogP contribution in [-0.4, -0.2) is 34.7 Å². The first kappa shape index (κ1) is 12.2. The summed E-state index contributed by atoms with van der Waals surface area (Å²) in [6, 6.07) is 5.83. The topological polar surface area (TPSA) is 33.2 Å². The molecule has 0 atom stereocenters. The predicted molar refractivity (Wildman–Crippen MR) is 64.0 cm³/mol. The van der Waals surface area contributed by atoms with Crippen molar-refractivity contribution in [1.82, 2.24) is 9.88 Å². The second-order valence-electron chi connectivity index (χ2n) is 3.33. The maximum absolute atomic E-state index is 11.4. The number of likely N-dealkylation sites (N-methyl/N-ethyl adjacent to an activating group) is 1. The number of pyridine rings is 1. The van der Waals surface area contributed by atoms with Crippen LogP contribution in [0.5, 0.6) is 0 Å². The minimum Gasteiger partial charge on any atom is -0.345 e. The lowest BCUT2D eigenvalue weighted by Gasteiger charge is -2.16. The molecule has 0 fully saturated rings. The fourth-order valence-corrected chi connectivity index (χ4v) is 1.56. The average Bonchev–Trinajstić information content (AvgIpc) is 2.27. The number of hydrogen-bond donors (Lipinski definition) is 0. The summed E-state index contributed by atoms with van der Waals surface area (Å²) < 4.78 is 0.